The zero-order valence-corrected chi connectivity index (χ0v) is 16.1. The van der Waals surface area contributed by atoms with E-state index in [2.05, 4.69) is 15.7 Å². The van der Waals surface area contributed by atoms with Gasteiger partial charge in [-0.1, -0.05) is 12.5 Å². The third-order valence-corrected chi connectivity index (χ3v) is 5.23. The second kappa shape index (κ2) is 7.76. The van der Waals surface area contributed by atoms with Gasteiger partial charge < -0.3 is 15.4 Å². The van der Waals surface area contributed by atoms with Gasteiger partial charge in [0.25, 0.3) is 5.91 Å². The number of nitrogens with one attached hydrogen (secondary N) is 2. The standard InChI is InChI=1S/C22H24N4O2/c1-26-21(20(14-23-26)15-5-3-6-15)22(27)25-18-8-4-7-17(13-18)24-16-9-11-19(28-2)12-10-16/h4,7-15,24H,3,5-6H2,1-2H3,(H,25,27). The van der Waals surface area contributed by atoms with E-state index in [9.17, 15) is 4.79 Å². The number of anilines is 3. The highest BCUT2D eigenvalue weighted by Gasteiger charge is 2.27. The molecular formula is C22H24N4O2. The lowest BCUT2D eigenvalue weighted by molar-refractivity contribution is 0.101. The summed E-state index contributed by atoms with van der Waals surface area (Å²) in [4.78, 5) is 12.9. The van der Waals surface area contributed by atoms with E-state index >= 15 is 0 Å². The summed E-state index contributed by atoms with van der Waals surface area (Å²) in [5, 5.41) is 10.7. The Morgan fingerprint density at radius 3 is 2.54 bits per heavy atom. The van der Waals surface area contributed by atoms with Gasteiger partial charge in [0.05, 0.1) is 13.3 Å². The van der Waals surface area contributed by atoms with Crippen LogP contribution in [-0.4, -0.2) is 22.8 Å². The number of hydrogen-bond donors (Lipinski definition) is 2. The molecule has 2 N–H and O–H groups in total. The van der Waals surface area contributed by atoms with E-state index in [0.717, 1.165) is 41.2 Å². The van der Waals surface area contributed by atoms with E-state index < -0.39 is 0 Å². The van der Waals surface area contributed by atoms with Crippen molar-refractivity contribution in [2.75, 3.05) is 17.7 Å². The molecule has 0 radical (unpaired) electrons. The molecule has 1 aliphatic rings. The van der Waals surface area contributed by atoms with E-state index in [0.29, 0.717) is 11.6 Å². The minimum Gasteiger partial charge on any atom is -0.497 e. The first-order valence-corrected chi connectivity index (χ1v) is 9.48. The fraction of sp³-hybridized carbons (Fsp3) is 0.273. The maximum atomic E-state index is 12.9. The number of rotatable bonds is 6. The minimum absolute atomic E-state index is 0.122. The molecule has 28 heavy (non-hydrogen) atoms. The molecule has 0 saturated heterocycles. The number of nitrogens with zero attached hydrogens (tertiary/aromatic N) is 2. The molecule has 6 heteroatoms. The zero-order valence-electron chi connectivity index (χ0n) is 16.1. The molecule has 1 fully saturated rings. The smallest absolute Gasteiger partial charge is 0.274 e. The summed E-state index contributed by atoms with van der Waals surface area (Å²) < 4.78 is 6.85. The van der Waals surface area contributed by atoms with Crippen LogP contribution in [0.1, 0.15) is 41.2 Å². The van der Waals surface area contributed by atoms with Crippen molar-refractivity contribution in [3.8, 4) is 5.75 Å². The van der Waals surface area contributed by atoms with Crippen LogP contribution in [-0.2, 0) is 7.05 Å². The van der Waals surface area contributed by atoms with E-state index in [4.69, 9.17) is 4.74 Å². The summed E-state index contributed by atoms with van der Waals surface area (Å²) in [7, 11) is 3.46. The molecule has 144 valence electrons. The van der Waals surface area contributed by atoms with Crippen LogP contribution in [0, 0.1) is 0 Å². The Labute approximate surface area is 164 Å². The van der Waals surface area contributed by atoms with Crippen LogP contribution in [0.5, 0.6) is 5.75 Å². The third kappa shape index (κ3) is 3.71. The Kier molecular flexibility index (Phi) is 5.02. The molecule has 0 atom stereocenters. The first-order valence-electron chi connectivity index (χ1n) is 9.48. The molecule has 0 unspecified atom stereocenters. The summed E-state index contributed by atoms with van der Waals surface area (Å²) >= 11 is 0. The molecule has 1 saturated carbocycles. The van der Waals surface area contributed by atoms with Crippen LogP contribution >= 0.6 is 0 Å². The molecular weight excluding hydrogens is 352 g/mol. The van der Waals surface area contributed by atoms with Crippen molar-refractivity contribution in [1.82, 2.24) is 9.78 Å². The summed E-state index contributed by atoms with van der Waals surface area (Å²) in [6, 6.07) is 15.4. The molecule has 3 aromatic rings. The van der Waals surface area contributed by atoms with Gasteiger partial charge in [-0.3, -0.25) is 9.48 Å². The van der Waals surface area contributed by atoms with Gasteiger partial charge in [0.2, 0.25) is 0 Å². The van der Waals surface area contributed by atoms with Crippen LogP contribution in [0.15, 0.2) is 54.7 Å². The van der Waals surface area contributed by atoms with Gasteiger partial charge in [-0.25, -0.2) is 0 Å². The van der Waals surface area contributed by atoms with Gasteiger partial charge in [-0.2, -0.15) is 5.10 Å². The topological polar surface area (TPSA) is 68.2 Å². The molecule has 1 heterocycles. The third-order valence-electron chi connectivity index (χ3n) is 5.23. The highest BCUT2D eigenvalue weighted by Crippen LogP contribution is 2.38. The van der Waals surface area contributed by atoms with Gasteiger partial charge in [-0.05, 0) is 61.2 Å². The predicted molar refractivity (Wildman–Crippen MR) is 110 cm³/mol. The van der Waals surface area contributed by atoms with Crippen molar-refractivity contribution in [1.29, 1.82) is 0 Å². The first kappa shape index (κ1) is 18.1. The Morgan fingerprint density at radius 1 is 1.11 bits per heavy atom. The number of aryl methyl sites for hydroxylation is 1. The normalized spacial score (nSPS) is 13.6. The lowest BCUT2D eigenvalue weighted by Gasteiger charge is -2.25. The molecule has 4 rings (SSSR count). The van der Waals surface area contributed by atoms with Crippen molar-refractivity contribution in [3.63, 3.8) is 0 Å². The van der Waals surface area contributed by atoms with Gasteiger partial charge in [0, 0.05) is 29.7 Å². The largest absolute Gasteiger partial charge is 0.497 e. The highest BCUT2D eigenvalue weighted by atomic mass is 16.5. The number of benzene rings is 2. The quantitative estimate of drug-likeness (QED) is 0.655. The lowest BCUT2D eigenvalue weighted by atomic mass is 9.80. The van der Waals surface area contributed by atoms with E-state index in [1.807, 2.05) is 61.8 Å². The van der Waals surface area contributed by atoms with Crippen LogP contribution in [0.25, 0.3) is 0 Å². The molecule has 6 nitrogen and oxygen atoms in total. The number of ether oxygens (including phenoxy) is 1. The molecule has 0 bridgehead atoms. The summed E-state index contributed by atoms with van der Waals surface area (Å²) in [6.07, 6.45) is 5.32. The van der Waals surface area contributed by atoms with Crippen molar-refractivity contribution in [3.05, 3.63) is 66.0 Å². The molecule has 0 spiro atoms. The Morgan fingerprint density at radius 2 is 1.86 bits per heavy atom. The van der Waals surface area contributed by atoms with Crippen molar-refractivity contribution >= 4 is 23.0 Å². The van der Waals surface area contributed by atoms with Gasteiger partial charge >= 0.3 is 0 Å². The molecule has 2 aromatic carbocycles. The first-order chi connectivity index (χ1) is 13.6. The molecule has 1 amide bonds. The number of amides is 1. The number of aromatic nitrogens is 2. The van der Waals surface area contributed by atoms with E-state index in [1.165, 1.54) is 6.42 Å². The summed E-state index contributed by atoms with van der Waals surface area (Å²) in [6.45, 7) is 0. The van der Waals surface area contributed by atoms with Crippen LogP contribution in [0.2, 0.25) is 0 Å². The highest BCUT2D eigenvalue weighted by molar-refractivity contribution is 6.04. The molecule has 0 aliphatic heterocycles. The zero-order chi connectivity index (χ0) is 19.5. The fourth-order valence-electron chi connectivity index (χ4n) is 3.46. The number of methoxy groups -OCH3 is 1. The van der Waals surface area contributed by atoms with Crippen molar-refractivity contribution in [2.45, 2.75) is 25.2 Å². The van der Waals surface area contributed by atoms with E-state index in [-0.39, 0.29) is 5.91 Å². The maximum absolute atomic E-state index is 12.9. The maximum Gasteiger partial charge on any atom is 0.274 e. The summed E-state index contributed by atoms with van der Waals surface area (Å²) in [5.41, 5.74) is 4.29. The van der Waals surface area contributed by atoms with Gasteiger partial charge in [0.15, 0.2) is 0 Å². The minimum atomic E-state index is -0.122. The van der Waals surface area contributed by atoms with Crippen LogP contribution < -0.4 is 15.4 Å². The average molecular weight is 376 g/mol. The number of carbonyl (C=O) groups excluding carboxylic acids is 1. The summed E-state index contributed by atoms with van der Waals surface area (Å²) in [5.74, 6) is 1.14. The predicted octanol–water partition coefficient (Wildman–Crippen LogP) is 4.69. The second-order valence-electron chi connectivity index (χ2n) is 7.09. The second-order valence-corrected chi connectivity index (χ2v) is 7.09. The van der Waals surface area contributed by atoms with E-state index in [1.54, 1.807) is 11.8 Å². The van der Waals surface area contributed by atoms with Crippen molar-refractivity contribution in [2.24, 2.45) is 7.05 Å². The van der Waals surface area contributed by atoms with Crippen LogP contribution in [0.3, 0.4) is 0 Å². The average Bonchev–Trinajstić information content (AvgIpc) is 3.02. The Balaban J connectivity index is 1.49. The SMILES string of the molecule is COc1ccc(Nc2cccc(NC(=O)c3c(C4CCC4)cnn3C)c2)cc1. The van der Waals surface area contributed by atoms with Gasteiger partial charge in [-0.15, -0.1) is 0 Å². The van der Waals surface area contributed by atoms with Crippen LogP contribution in [0.4, 0.5) is 17.1 Å². The number of hydrogen-bond acceptors (Lipinski definition) is 4. The number of carbonyl (C=O) groups is 1. The lowest BCUT2D eigenvalue weighted by Crippen LogP contribution is -2.20. The van der Waals surface area contributed by atoms with Gasteiger partial charge in [0.1, 0.15) is 11.4 Å². The Hall–Kier alpha value is -3.28. The molecule has 1 aliphatic carbocycles. The fourth-order valence-corrected chi connectivity index (χ4v) is 3.46. The Bertz CT molecular complexity index is 974. The van der Waals surface area contributed by atoms with Crippen molar-refractivity contribution < 1.29 is 9.53 Å². The molecule has 1 aromatic heterocycles. The monoisotopic (exact) mass is 376 g/mol.